The van der Waals surface area contributed by atoms with Crippen LogP contribution in [0.25, 0.3) is 22.9 Å². The predicted octanol–water partition coefficient (Wildman–Crippen LogP) is 3.56. The first-order valence-corrected chi connectivity index (χ1v) is 8.98. The Bertz CT molecular complexity index is 35.3. The summed E-state index contributed by atoms with van der Waals surface area (Å²) in [5.41, 5.74) is 25.1. The number of hydrogen-bond acceptors (Lipinski definition) is 0. The van der Waals surface area contributed by atoms with Gasteiger partial charge in [-0.1, -0.05) is 0 Å². The van der Waals surface area contributed by atoms with Crippen molar-refractivity contribution < 1.29 is 15.4 Å². The van der Waals surface area contributed by atoms with Crippen molar-refractivity contribution in [3.8, 4) is 0 Å². The fraction of sp³-hybridized carbons (Fsp3) is 1.00. The summed E-state index contributed by atoms with van der Waals surface area (Å²) in [6.07, 6.45) is 0. The van der Waals surface area contributed by atoms with Gasteiger partial charge >= 0.3 is 34.7 Å². The summed E-state index contributed by atoms with van der Waals surface area (Å²) >= 11 is -0.639. The normalized spacial score (nSPS) is 7.45. The summed E-state index contributed by atoms with van der Waals surface area (Å²) in [7, 11) is 9.81. The summed E-state index contributed by atoms with van der Waals surface area (Å²) in [4.78, 5) is 0. The third-order valence-corrected chi connectivity index (χ3v) is 0.250. The van der Waals surface area contributed by atoms with Crippen LogP contribution in [0.4, 0.5) is 0 Å². The summed E-state index contributed by atoms with van der Waals surface area (Å²) < 4.78 is 0. The summed E-state index contributed by atoms with van der Waals surface area (Å²) in [6.45, 7) is 0.944. The molecule has 4 N–H and O–H groups in total. The van der Waals surface area contributed by atoms with Crippen molar-refractivity contribution in [2.24, 2.45) is 0 Å². The molecule has 0 aromatic heterocycles. The molecule has 0 aromatic rings. The van der Waals surface area contributed by atoms with Crippen LogP contribution < -0.4 is 0 Å². The summed E-state index contributed by atoms with van der Waals surface area (Å²) in [5, 5.41) is 0. The molecule has 0 atom stereocenters. The second-order valence-electron chi connectivity index (χ2n) is 1.05. The first-order chi connectivity index (χ1) is 5.24. The molecule has 0 fully saturated rings. The standard InChI is InChI=1S/2C2H6N2.2ClH.Os/c2*3-1-2-4;;;/h2*3-4H,1-2H2;2*1H;/q2*-2;;;+2/p-2. The fourth-order valence-corrected chi connectivity index (χ4v) is 0. The molecule has 0 amide bonds. The molecule has 0 saturated heterocycles. The minimum Gasteiger partial charge on any atom is -0.679 e. The van der Waals surface area contributed by atoms with Gasteiger partial charge in [0.2, 0.25) is 0 Å². The minimum absolute atomic E-state index is 0.236. The van der Waals surface area contributed by atoms with Gasteiger partial charge in [-0.15, -0.1) is 0 Å². The van der Waals surface area contributed by atoms with Crippen molar-refractivity contribution in [2.45, 2.75) is 0 Å². The maximum Gasteiger partial charge on any atom is -0.171 e. The van der Waals surface area contributed by atoms with E-state index in [1.165, 1.54) is 0 Å². The van der Waals surface area contributed by atoms with E-state index in [0.717, 1.165) is 0 Å². The zero-order valence-corrected chi connectivity index (χ0v) is 9.99. The molecule has 0 radical (unpaired) electrons. The zero-order chi connectivity index (χ0) is 9.54. The van der Waals surface area contributed by atoms with E-state index in [1.54, 1.807) is 0 Å². The molecule has 0 aliphatic rings. The number of halogens is 2. The van der Waals surface area contributed by atoms with Gasteiger partial charge in [0, 0.05) is 0 Å². The largest absolute Gasteiger partial charge is 0.679 e. The van der Waals surface area contributed by atoms with Crippen LogP contribution in [-0.4, -0.2) is 26.2 Å². The van der Waals surface area contributed by atoms with Crippen molar-refractivity contribution in [1.29, 1.82) is 0 Å². The van der Waals surface area contributed by atoms with E-state index < -0.39 is 15.4 Å². The second-order valence-corrected chi connectivity index (χ2v) is 4.72. The van der Waals surface area contributed by atoms with Crippen LogP contribution in [0.1, 0.15) is 0 Å². The zero-order valence-electron chi connectivity index (χ0n) is 5.94. The van der Waals surface area contributed by atoms with E-state index in [4.69, 9.17) is 42.2 Å². The Balaban J connectivity index is -0.0000000886. The summed E-state index contributed by atoms with van der Waals surface area (Å²) in [6, 6.07) is 0. The molecule has 0 spiro atoms. The topological polar surface area (TPSA) is 95.2 Å². The Hall–Kier alpha value is 1.06. The SMILES string of the molecule is [Cl][Os][Cl].[NH-]CC[NH-].[NH-]CC[NH-]. The molecule has 0 saturated carbocycles. The molecule has 0 aliphatic heterocycles. The van der Waals surface area contributed by atoms with E-state index in [2.05, 4.69) is 0 Å². The van der Waals surface area contributed by atoms with E-state index in [0.29, 0.717) is 0 Å². The fourth-order valence-electron chi connectivity index (χ4n) is 0. The van der Waals surface area contributed by atoms with Crippen LogP contribution >= 0.6 is 19.3 Å². The number of nitrogens with one attached hydrogen (secondary N) is 4. The van der Waals surface area contributed by atoms with E-state index in [9.17, 15) is 0 Å². The van der Waals surface area contributed by atoms with E-state index in [1.807, 2.05) is 0 Å². The molecule has 0 unspecified atom stereocenters. The van der Waals surface area contributed by atoms with Crippen LogP contribution in [0.5, 0.6) is 0 Å². The van der Waals surface area contributed by atoms with Crippen molar-refractivity contribution in [3.63, 3.8) is 0 Å². The van der Waals surface area contributed by atoms with Gasteiger partial charge in [0.25, 0.3) is 0 Å². The average molecular weight is 377 g/mol. The first-order valence-electron chi connectivity index (χ1n) is 2.68. The van der Waals surface area contributed by atoms with Gasteiger partial charge in [-0.25, -0.2) is 0 Å². The third kappa shape index (κ3) is 97.1. The first kappa shape index (κ1) is 18.0. The van der Waals surface area contributed by atoms with E-state index in [-0.39, 0.29) is 26.2 Å². The van der Waals surface area contributed by atoms with Gasteiger partial charge in [0.15, 0.2) is 0 Å². The molecule has 74 valence electrons. The van der Waals surface area contributed by atoms with Crippen molar-refractivity contribution in [3.05, 3.63) is 22.9 Å². The Labute approximate surface area is 83.8 Å². The number of rotatable bonds is 2. The summed E-state index contributed by atoms with van der Waals surface area (Å²) in [5.74, 6) is 0. The Morgan fingerprint density at radius 2 is 0.818 bits per heavy atom. The van der Waals surface area contributed by atoms with Gasteiger partial charge in [0.1, 0.15) is 0 Å². The maximum absolute atomic E-state index is 6.26. The van der Waals surface area contributed by atoms with Crippen molar-refractivity contribution in [1.82, 2.24) is 0 Å². The second kappa shape index (κ2) is 30.5. The smallest absolute Gasteiger partial charge is 0.171 e. The van der Waals surface area contributed by atoms with Gasteiger partial charge < -0.3 is 22.9 Å². The van der Waals surface area contributed by atoms with Gasteiger partial charge in [0.05, 0.1) is 0 Å². The van der Waals surface area contributed by atoms with Crippen molar-refractivity contribution >= 4 is 19.3 Å². The van der Waals surface area contributed by atoms with Crippen LogP contribution in [0.2, 0.25) is 0 Å². The minimum atomic E-state index is -0.639. The van der Waals surface area contributed by atoms with Crippen LogP contribution in [0.15, 0.2) is 0 Å². The molecular weight excluding hydrogens is 365 g/mol. The molecule has 0 aromatic carbocycles. The number of hydrogen-bond donors (Lipinski definition) is 0. The quantitative estimate of drug-likeness (QED) is 0.704. The molecular formula is C4H12Cl2N4Os-4. The Kier molecular flexibility index (Phi) is 49.8. The van der Waals surface area contributed by atoms with Crippen LogP contribution in [-0.2, 0) is 15.4 Å². The monoisotopic (exact) mass is 378 g/mol. The van der Waals surface area contributed by atoms with Crippen LogP contribution in [0, 0.1) is 0 Å². The molecule has 11 heavy (non-hydrogen) atoms. The molecule has 0 heterocycles. The average Bonchev–Trinajstić information content (AvgIpc) is 2.06. The van der Waals surface area contributed by atoms with Gasteiger partial charge in [-0.05, 0) is 0 Å². The molecule has 0 rings (SSSR count). The molecule has 0 bridgehead atoms. The Morgan fingerprint density at radius 3 is 0.818 bits per heavy atom. The maximum atomic E-state index is 6.26. The van der Waals surface area contributed by atoms with Crippen LogP contribution in [0.3, 0.4) is 0 Å². The predicted molar refractivity (Wildman–Crippen MR) is 48.5 cm³/mol. The Morgan fingerprint density at radius 1 is 0.727 bits per heavy atom. The van der Waals surface area contributed by atoms with Crippen molar-refractivity contribution in [2.75, 3.05) is 26.2 Å². The molecule has 7 heteroatoms. The van der Waals surface area contributed by atoms with E-state index >= 15 is 0 Å². The van der Waals surface area contributed by atoms with Gasteiger partial charge in [-0.3, -0.25) is 0 Å². The van der Waals surface area contributed by atoms with Gasteiger partial charge in [-0.2, -0.15) is 26.2 Å². The molecule has 0 aliphatic carbocycles. The third-order valence-electron chi connectivity index (χ3n) is 0.250. The molecule has 4 nitrogen and oxygen atoms in total.